The van der Waals surface area contributed by atoms with Gasteiger partial charge in [0.15, 0.2) is 0 Å². The van der Waals surface area contributed by atoms with Crippen molar-refractivity contribution in [2.24, 2.45) is 7.05 Å². The minimum Gasteiger partial charge on any atom is -0.305 e. The molecule has 0 saturated carbocycles. The summed E-state index contributed by atoms with van der Waals surface area (Å²) in [7, 11) is 1.71. The third kappa shape index (κ3) is 2.63. The first-order valence-corrected chi connectivity index (χ1v) is 6.81. The molecule has 0 fully saturated rings. The molecule has 0 aliphatic heterocycles. The van der Waals surface area contributed by atoms with Gasteiger partial charge in [-0.1, -0.05) is 0 Å². The third-order valence-electron chi connectivity index (χ3n) is 3.38. The van der Waals surface area contributed by atoms with Crippen molar-refractivity contribution in [2.75, 3.05) is 5.32 Å². The van der Waals surface area contributed by atoms with Crippen LogP contribution in [0, 0.1) is 13.8 Å². The van der Waals surface area contributed by atoms with Gasteiger partial charge in [-0.2, -0.15) is 5.10 Å². The zero-order chi connectivity index (χ0) is 16.7. The first-order valence-electron chi connectivity index (χ1n) is 6.81. The molecule has 1 amide bonds. The van der Waals surface area contributed by atoms with Crippen molar-refractivity contribution in [3.05, 3.63) is 49.9 Å². The van der Waals surface area contributed by atoms with Gasteiger partial charge in [0, 0.05) is 13.1 Å². The van der Waals surface area contributed by atoms with E-state index >= 15 is 0 Å². The lowest BCUT2D eigenvalue weighted by atomic mass is 10.1. The van der Waals surface area contributed by atoms with Crippen LogP contribution in [-0.2, 0) is 7.05 Å². The van der Waals surface area contributed by atoms with Crippen LogP contribution >= 0.6 is 0 Å². The number of aryl methyl sites for hydroxylation is 3. The Morgan fingerprint density at radius 3 is 2.61 bits per heavy atom. The van der Waals surface area contributed by atoms with Gasteiger partial charge >= 0.3 is 5.69 Å². The molecule has 3 heterocycles. The first-order chi connectivity index (χ1) is 10.8. The van der Waals surface area contributed by atoms with Crippen LogP contribution in [-0.4, -0.2) is 30.6 Å². The molecule has 0 saturated heterocycles. The number of hydrogen-bond acceptors (Lipinski definition) is 5. The zero-order valence-electron chi connectivity index (χ0n) is 12.7. The van der Waals surface area contributed by atoms with Crippen LogP contribution < -0.4 is 16.6 Å². The Balaban J connectivity index is 2.06. The summed E-state index contributed by atoms with van der Waals surface area (Å²) in [6.45, 7) is 3.48. The molecule has 0 aliphatic carbocycles. The monoisotopic (exact) mass is 314 g/mol. The van der Waals surface area contributed by atoms with Crippen molar-refractivity contribution >= 4 is 22.8 Å². The van der Waals surface area contributed by atoms with Gasteiger partial charge in [-0.15, -0.1) is 0 Å². The number of rotatable bonds is 2. The van der Waals surface area contributed by atoms with Crippen LogP contribution in [0.1, 0.15) is 21.7 Å². The van der Waals surface area contributed by atoms with Gasteiger partial charge < -0.3 is 5.32 Å². The molecule has 9 nitrogen and oxygen atoms in total. The van der Waals surface area contributed by atoms with Crippen LogP contribution in [0.3, 0.4) is 0 Å². The van der Waals surface area contributed by atoms with Crippen LogP contribution in [0.2, 0.25) is 0 Å². The van der Waals surface area contributed by atoms with E-state index in [1.165, 1.54) is 10.7 Å². The molecule has 3 aromatic heterocycles. The van der Waals surface area contributed by atoms with E-state index < -0.39 is 17.2 Å². The quantitative estimate of drug-likeness (QED) is 0.623. The van der Waals surface area contributed by atoms with Gasteiger partial charge in [0.25, 0.3) is 11.5 Å². The Morgan fingerprint density at radius 2 is 1.96 bits per heavy atom. The third-order valence-corrected chi connectivity index (χ3v) is 3.38. The summed E-state index contributed by atoms with van der Waals surface area (Å²) in [5.74, 6) is 0.0607. The van der Waals surface area contributed by atoms with Crippen LogP contribution in [0.15, 0.2) is 21.7 Å². The number of fused-ring (bicyclic) bond motifs is 1. The standard InChI is InChI=1S/C14H14N6O3/c1-6-4-8(12(21)16-9-5-7(2)19-20(9)3)15-11-10(6)13(22)18-14(23)17-11/h4-5H,1-3H3,(H,16,21)(H2,15,17,18,22,23). The van der Waals surface area contributed by atoms with E-state index in [4.69, 9.17) is 0 Å². The minimum absolute atomic E-state index is 0.0742. The average molecular weight is 314 g/mol. The summed E-state index contributed by atoms with van der Waals surface area (Å²) >= 11 is 0. The van der Waals surface area contributed by atoms with Gasteiger partial charge in [0.05, 0.1) is 11.1 Å². The number of pyridine rings is 1. The van der Waals surface area contributed by atoms with Gasteiger partial charge in [0.2, 0.25) is 0 Å². The topological polar surface area (TPSA) is 126 Å². The molecule has 9 heteroatoms. The SMILES string of the molecule is Cc1cc(NC(=O)c2cc(C)c3c(=O)[nH]c(=O)[nH]c3n2)n(C)n1. The maximum Gasteiger partial charge on any atom is 0.327 e. The van der Waals surface area contributed by atoms with Crippen molar-refractivity contribution in [1.82, 2.24) is 24.7 Å². The number of hydrogen-bond donors (Lipinski definition) is 3. The fourth-order valence-electron chi connectivity index (χ4n) is 2.38. The molecular formula is C14H14N6O3. The number of nitrogens with one attached hydrogen (secondary N) is 3. The molecule has 3 rings (SSSR count). The van der Waals surface area contributed by atoms with E-state index in [1.807, 2.05) is 6.92 Å². The second-order valence-corrected chi connectivity index (χ2v) is 5.20. The molecule has 23 heavy (non-hydrogen) atoms. The molecule has 0 aliphatic rings. The van der Waals surface area contributed by atoms with Crippen LogP contribution in [0.4, 0.5) is 5.82 Å². The lowest BCUT2D eigenvalue weighted by Gasteiger charge is -2.07. The summed E-state index contributed by atoms with van der Waals surface area (Å²) < 4.78 is 1.54. The van der Waals surface area contributed by atoms with Crippen molar-refractivity contribution in [1.29, 1.82) is 0 Å². The Hall–Kier alpha value is -3.23. The summed E-state index contributed by atoms with van der Waals surface area (Å²) in [6, 6.07) is 3.22. The smallest absolute Gasteiger partial charge is 0.305 e. The molecule has 0 radical (unpaired) electrons. The van der Waals surface area contributed by atoms with Gasteiger partial charge in [0.1, 0.15) is 17.2 Å². The van der Waals surface area contributed by atoms with Crippen molar-refractivity contribution < 1.29 is 4.79 Å². The lowest BCUT2D eigenvalue weighted by molar-refractivity contribution is 0.102. The molecular weight excluding hydrogens is 300 g/mol. The molecule has 0 bridgehead atoms. The summed E-state index contributed by atoms with van der Waals surface area (Å²) in [6.07, 6.45) is 0. The molecule has 0 unspecified atom stereocenters. The molecule has 3 N–H and O–H groups in total. The highest BCUT2D eigenvalue weighted by molar-refractivity contribution is 6.03. The number of carbonyl (C=O) groups is 1. The Labute approximate surface area is 129 Å². The first kappa shape index (κ1) is 14.7. The van der Waals surface area contributed by atoms with E-state index in [0.29, 0.717) is 11.4 Å². The number of carbonyl (C=O) groups excluding carboxylic acids is 1. The maximum atomic E-state index is 12.3. The van der Waals surface area contributed by atoms with Gasteiger partial charge in [-0.05, 0) is 25.5 Å². The normalized spacial score (nSPS) is 10.9. The Bertz CT molecular complexity index is 1040. The fraction of sp³-hybridized carbons (Fsp3) is 0.214. The highest BCUT2D eigenvalue weighted by Crippen LogP contribution is 2.13. The number of amides is 1. The molecule has 0 aromatic carbocycles. The predicted molar refractivity (Wildman–Crippen MR) is 83.6 cm³/mol. The number of aromatic nitrogens is 5. The van der Waals surface area contributed by atoms with Gasteiger partial charge in [-0.3, -0.25) is 24.2 Å². The largest absolute Gasteiger partial charge is 0.327 e. The number of aromatic amines is 2. The Morgan fingerprint density at radius 1 is 1.22 bits per heavy atom. The summed E-state index contributed by atoms with van der Waals surface area (Å²) in [4.78, 5) is 44.2. The molecule has 3 aromatic rings. The molecule has 0 atom stereocenters. The van der Waals surface area contributed by atoms with E-state index in [1.54, 1.807) is 20.0 Å². The second-order valence-electron chi connectivity index (χ2n) is 5.20. The van der Waals surface area contributed by atoms with Crippen molar-refractivity contribution in [3.8, 4) is 0 Å². The second kappa shape index (κ2) is 5.20. The fourth-order valence-corrected chi connectivity index (χ4v) is 2.38. The highest BCUT2D eigenvalue weighted by atomic mass is 16.2. The maximum absolute atomic E-state index is 12.3. The highest BCUT2D eigenvalue weighted by Gasteiger charge is 2.15. The van der Waals surface area contributed by atoms with Crippen molar-refractivity contribution in [2.45, 2.75) is 13.8 Å². The van der Waals surface area contributed by atoms with E-state index in [-0.39, 0.29) is 16.7 Å². The predicted octanol–water partition coefficient (Wildman–Crippen LogP) is 0.214. The van der Waals surface area contributed by atoms with Crippen LogP contribution in [0.25, 0.3) is 11.0 Å². The number of anilines is 1. The molecule has 118 valence electrons. The lowest BCUT2D eigenvalue weighted by Crippen LogP contribution is -2.24. The Kier molecular flexibility index (Phi) is 3.32. The minimum atomic E-state index is -0.672. The zero-order valence-corrected chi connectivity index (χ0v) is 12.7. The number of H-pyrrole nitrogens is 2. The number of nitrogens with zero attached hydrogens (tertiary/aromatic N) is 3. The molecule has 0 spiro atoms. The van der Waals surface area contributed by atoms with Gasteiger partial charge in [-0.25, -0.2) is 9.78 Å². The average Bonchev–Trinajstić information content (AvgIpc) is 2.75. The summed E-state index contributed by atoms with van der Waals surface area (Å²) in [5.41, 5.74) is 0.262. The summed E-state index contributed by atoms with van der Waals surface area (Å²) in [5, 5.41) is 7.07. The van der Waals surface area contributed by atoms with Crippen LogP contribution in [0.5, 0.6) is 0 Å². The van der Waals surface area contributed by atoms with E-state index in [2.05, 4.69) is 25.4 Å². The van der Waals surface area contributed by atoms with Crippen molar-refractivity contribution in [3.63, 3.8) is 0 Å². The van der Waals surface area contributed by atoms with E-state index in [0.717, 1.165) is 5.69 Å². The van der Waals surface area contributed by atoms with E-state index in [9.17, 15) is 14.4 Å².